The fraction of sp³-hybridized carbons (Fsp3) is 0.214. The topological polar surface area (TPSA) is 72.9 Å². The molecule has 1 N–H and O–H groups in total. The first kappa shape index (κ1) is 15.1. The molecule has 0 radical (unpaired) electrons. The maximum Gasteiger partial charge on any atom is 0.335 e. The summed E-state index contributed by atoms with van der Waals surface area (Å²) in [4.78, 5) is 19.5. The number of hydrogen-bond donors (Lipinski definition) is 1. The van der Waals surface area contributed by atoms with Crippen LogP contribution in [0.25, 0.3) is 11.0 Å². The fourth-order valence-electron chi connectivity index (χ4n) is 2.25. The van der Waals surface area contributed by atoms with Crippen LogP contribution < -0.4 is 0 Å². The van der Waals surface area contributed by atoms with Crippen molar-refractivity contribution in [3.63, 3.8) is 0 Å². The van der Waals surface area contributed by atoms with Crippen molar-refractivity contribution in [2.45, 2.75) is 20.0 Å². The van der Waals surface area contributed by atoms with E-state index in [4.69, 9.17) is 5.11 Å². The van der Waals surface area contributed by atoms with Crippen molar-refractivity contribution in [2.75, 3.05) is 0 Å². The highest BCUT2D eigenvalue weighted by molar-refractivity contribution is 5.92. The van der Waals surface area contributed by atoms with Crippen molar-refractivity contribution in [1.29, 1.82) is 0 Å². The maximum absolute atomic E-state index is 11.1. The molecule has 0 saturated carbocycles. The SMILES string of the molecule is CCn1cncc1Cn1cnc2ccc(C(=O)O)cc21.Cl. The van der Waals surface area contributed by atoms with Crippen LogP contribution in [-0.2, 0) is 13.1 Å². The lowest BCUT2D eigenvalue weighted by molar-refractivity contribution is 0.0697. The Balaban J connectivity index is 0.00000161. The molecule has 6 nitrogen and oxygen atoms in total. The number of nitrogens with zero attached hydrogens (tertiary/aromatic N) is 4. The summed E-state index contributed by atoms with van der Waals surface area (Å²) in [6.07, 6.45) is 5.33. The van der Waals surface area contributed by atoms with Gasteiger partial charge in [-0.25, -0.2) is 14.8 Å². The summed E-state index contributed by atoms with van der Waals surface area (Å²) in [5.74, 6) is -0.932. The zero-order chi connectivity index (χ0) is 14.1. The Labute approximate surface area is 127 Å². The summed E-state index contributed by atoms with van der Waals surface area (Å²) in [5.41, 5.74) is 2.93. The number of fused-ring (bicyclic) bond motifs is 1. The van der Waals surface area contributed by atoms with Gasteiger partial charge in [-0.1, -0.05) is 0 Å². The molecule has 0 bridgehead atoms. The maximum atomic E-state index is 11.1. The fourth-order valence-corrected chi connectivity index (χ4v) is 2.25. The number of aromatic carboxylic acids is 1. The van der Waals surface area contributed by atoms with Crippen molar-refractivity contribution < 1.29 is 9.90 Å². The van der Waals surface area contributed by atoms with Gasteiger partial charge in [0.25, 0.3) is 0 Å². The molecule has 2 heterocycles. The van der Waals surface area contributed by atoms with Crippen LogP contribution in [-0.4, -0.2) is 30.2 Å². The van der Waals surface area contributed by atoms with Gasteiger partial charge in [-0.15, -0.1) is 12.4 Å². The number of carbonyl (C=O) groups is 1. The van der Waals surface area contributed by atoms with Gasteiger partial charge < -0.3 is 14.2 Å². The molecule has 2 aromatic heterocycles. The predicted molar refractivity (Wildman–Crippen MR) is 80.9 cm³/mol. The average Bonchev–Trinajstić information content (AvgIpc) is 3.05. The molecule has 0 fully saturated rings. The lowest BCUT2D eigenvalue weighted by Crippen LogP contribution is -2.05. The number of hydrogen-bond acceptors (Lipinski definition) is 3. The Morgan fingerprint density at radius 1 is 1.29 bits per heavy atom. The van der Waals surface area contributed by atoms with E-state index in [-0.39, 0.29) is 18.0 Å². The first-order valence-corrected chi connectivity index (χ1v) is 6.36. The van der Waals surface area contributed by atoms with E-state index in [2.05, 4.69) is 16.9 Å². The van der Waals surface area contributed by atoms with E-state index in [9.17, 15) is 4.79 Å². The lowest BCUT2D eigenvalue weighted by atomic mass is 10.2. The Hall–Kier alpha value is -2.34. The largest absolute Gasteiger partial charge is 0.478 e. The van der Waals surface area contributed by atoms with Gasteiger partial charge in [0.2, 0.25) is 0 Å². The molecule has 0 atom stereocenters. The van der Waals surface area contributed by atoms with Crippen LogP contribution in [0.4, 0.5) is 0 Å². The monoisotopic (exact) mass is 306 g/mol. The third-order valence-electron chi connectivity index (χ3n) is 3.34. The Morgan fingerprint density at radius 3 is 2.81 bits per heavy atom. The van der Waals surface area contributed by atoms with Gasteiger partial charge in [0, 0.05) is 12.7 Å². The van der Waals surface area contributed by atoms with Crippen molar-refractivity contribution in [1.82, 2.24) is 19.1 Å². The second-order valence-corrected chi connectivity index (χ2v) is 4.55. The van der Waals surface area contributed by atoms with Crippen LogP contribution in [0.5, 0.6) is 0 Å². The molecule has 0 spiro atoms. The molecule has 3 aromatic rings. The highest BCUT2D eigenvalue weighted by atomic mass is 35.5. The first-order chi connectivity index (χ1) is 9.69. The molecule has 0 unspecified atom stereocenters. The van der Waals surface area contributed by atoms with E-state index in [1.165, 1.54) is 0 Å². The number of rotatable bonds is 4. The summed E-state index contributed by atoms with van der Waals surface area (Å²) in [6.45, 7) is 3.52. The van der Waals surface area contributed by atoms with Gasteiger partial charge in [0.05, 0.1) is 41.5 Å². The molecule has 0 amide bonds. The van der Waals surface area contributed by atoms with Gasteiger partial charge in [0.15, 0.2) is 0 Å². The minimum absolute atomic E-state index is 0. The van der Waals surface area contributed by atoms with E-state index >= 15 is 0 Å². The summed E-state index contributed by atoms with van der Waals surface area (Å²) >= 11 is 0. The van der Waals surface area contributed by atoms with Crippen molar-refractivity contribution in [3.8, 4) is 0 Å². The molecule has 3 rings (SSSR count). The summed E-state index contributed by atoms with van der Waals surface area (Å²) in [6, 6.07) is 4.95. The third-order valence-corrected chi connectivity index (χ3v) is 3.34. The smallest absolute Gasteiger partial charge is 0.335 e. The van der Waals surface area contributed by atoms with E-state index in [0.29, 0.717) is 6.54 Å². The zero-order valence-electron chi connectivity index (χ0n) is 11.4. The molecular weight excluding hydrogens is 292 g/mol. The van der Waals surface area contributed by atoms with Crippen molar-refractivity contribution >= 4 is 29.4 Å². The Bertz CT molecular complexity index is 778. The van der Waals surface area contributed by atoms with E-state index in [0.717, 1.165) is 23.3 Å². The third kappa shape index (κ3) is 2.75. The summed E-state index contributed by atoms with van der Waals surface area (Å²) in [5, 5.41) is 9.07. The minimum atomic E-state index is -0.932. The number of imidazole rings is 2. The van der Waals surface area contributed by atoms with Crippen LogP contribution >= 0.6 is 12.4 Å². The molecule has 0 saturated heterocycles. The standard InChI is InChI=1S/C14H14N4O2.ClH/c1-2-17-8-15-6-11(17)7-18-9-16-12-4-3-10(14(19)20)5-13(12)18;/h3-6,8-9H,2,7H2,1H3,(H,19,20);1H. The van der Waals surface area contributed by atoms with E-state index in [1.807, 2.05) is 15.3 Å². The average molecular weight is 307 g/mol. The van der Waals surface area contributed by atoms with E-state index < -0.39 is 5.97 Å². The molecule has 7 heteroatoms. The van der Waals surface area contributed by atoms with E-state index in [1.54, 1.807) is 30.9 Å². The number of carboxylic acids is 1. The second kappa shape index (κ2) is 5.97. The first-order valence-electron chi connectivity index (χ1n) is 6.36. The molecule has 0 aliphatic heterocycles. The molecular formula is C14H15ClN4O2. The van der Waals surface area contributed by atoms with Crippen LogP contribution in [0, 0.1) is 0 Å². The van der Waals surface area contributed by atoms with Crippen molar-refractivity contribution in [3.05, 3.63) is 48.3 Å². The number of benzene rings is 1. The van der Waals surface area contributed by atoms with Gasteiger partial charge in [-0.2, -0.15) is 0 Å². The van der Waals surface area contributed by atoms with Crippen LogP contribution in [0.15, 0.2) is 37.1 Å². The van der Waals surface area contributed by atoms with Gasteiger partial charge in [-0.3, -0.25) is 0 Å². The van der Waals surface area contributed by atoms with Crippen LogP contribution in [0.3, 0.4) is 0 Å². The normalized spacial score (nSPS) is 10.5. The molecule has 1 aromatic carbocycles. The Kier molecular flexibility index (Phi) is 4.28. The van der Waals surface area contributed by atoms with Gasteiger partial charge in [0.1, 0.15) is 0 Å². The number of aryl methyl sites for hydroxylation is 1. The predicted octanol–water partition coefficient (Wildman–Crippen LogP) is 2.42. The molecule has 21 heavy (non-hydrogen) atoms. The number of carboxylic acid groups (broad SMARTS) is 1. The quantitative estimate of drug-likeness (QED) is 0.803. The highest BCUT2D eigenvalue weighted by Crippen LogP contribution is 2.16. The zero-order valence-corrected chi connectivity index (χ0v) is 12.2. The Morgan fingerprint density at radius 2 is 2.10 bits per heavy atom. The summed E-state index contributed by atoms with van der Waals surface area (Å²) < 4.78 is 3.98. The number of halogens is 1. The molecule has 0 aliphatic carbocycles. The van der Waals surface area contributed by atoms with Crippen LogP contribution in [0.1, 0.15) is 23.0 Å². The van der Waals surface area contributed by atoms with Crippen LogP contribution in [0.2, 0.25) is 0 Å². The van der Waals surface area contributed by atoms with Gasteiger partial charge >= 0.3 is 5.97 Å². The number of aromatic nitrogens is 4. The minimum Gasteiger partial charge on any atom is -0.478 e. The molecule has 110 valence electrons. The summed E-state index contributed by atoms with van der Waals surface area (Å²) in [7, 11) is 0. The molecule has 0 aliphatic rings. The highest BCUT2D eigenvalue weighted by Gasteiger charge is 2.09. The second-order valence-electron chi connectivity index (χ2n) is 4.55. The van der Waals surface area contributed by atoms with Gasteiger partial charge in [-0.05, 0) is 25.1 Å². The van der Waals surface area contributed by atoms with Crippen molar-refractivity contribution in [2.24, 2.45) is 0 Å². The lowest BCUT2D eigenvalue weighted by Gasteiger charge is -2.07.